The van der Waals surface area contributed by atoms with E-state index < -0.39 is 10.0 Å². The Kier molecular flexibility index (Phi) is 3.56. The zero-order valence-corrected chi connectivity index (χ0v) is 12.3. The summed E-state index contributed by atoms with van der Waals surface area (Å²) in [6.45, 7) is 0. The van der Waals surface area contributed by atoms with Gasteiger partial charge in [-0.15, -0.1) is 0 Å². The molecule has 0 aliphatic rings. The summed E-state index contributed by atoms with van der Waals surface area (Å²) in [6, 6.07) is 14.3. The third kappa shape index (κ3) is 2.79. The zero-order chi connectivity index (χ0) is 15.7. The second kappa shape index (κ2) is 5.40. The van der Waals surface area contributed by atoms with Gasteiger partial charge in [0.2, 0.25) is 10.0 Å². The summed E-state index contributed by atoms with van der Waals surface area (Å²) in [5.41, 5.74) is 3.42. The van der Waals surface area contributed by atoms with E-state index in [0.717, 1.165) is 22.4 Å². The first kappa shape index (κ1) is 14.5. The number of hydrogen-bond acceptors (Lipinski definition) is 2. The molecule has 6 heteroatoms. The van der Waals surface area contributed by atoms with Gasteiger partial charge >= 0.3 is 0 Å². The molecular formula is C16H13FN2O2S. The number of halogens is 1. The highest BCUT2D eigenvalue weighted by Gasteiger charge is 2.11. The van der Waals surface area contributed by atoms with Crippen LogP contribution in [-0.4, -0.2) is 13.4 Å². The molecular weight excluding hydrogens is 303 g/mol. The second-order valence-electron chi connectivity index (χ2n) is 4.84. The fourth-order valence-electron chi connectivity index (χ4n) is 2.29. The minimum absolute atomic E-state index is 0.0649. The largest absolute Gasteiger partial charge is 0.361 e. The molecule has 0 saturated heterocycles. The molecule has 0 aliphatic heterocycles. The van der Waals surface area contributed by atoms with Crippen molar-refractivity contribution in [1.82, 2.24) is 4.98 Å². The fourth-order valence-corrected chi connectivity index (χ4v) is 2.80. The van der Waals surface area contributed by atoms with E-state index in [1.807, 2.05) is 6.07 Å². The van der Waals surface area contributed by atoms with E-state index in [4.69, 9.17) is 5.14 Å². The molecule has 112 valence electrons. The average Bonchev–Trinajstić information content (AvgIpc) is 2.97. The van der Waals surface area contributed by atoms with Crippen LogP contribution in [0, 0.1) is 5.82 Å². The van der Waals surface area contributed by atoms with Crippen LogP contribution in [0.1, 0.15) is 0 Å². The van der Waals surface area contributed by atoms with Gasteiger partial charge in [0, 0.05) is 11.8 Å². The smallest absolute Gasteiger partial charge is 0.238 e. The van der Waals surface area contributed by atoms with Gasteiger partial charge in [-0.1, -0.05) is 12.1 Å². The van der Waals surface area contributed by atoms with E-state index in [2.05, 4.69) is 4.98 Å². The Hall–Kier alpha value is -2.44. The molecule has 0 fully saturated rings. The monoisotopic (exact) mass is 316 g/mol. The molecule has 3 N–H and O–H groups in total. The number of nitrogens with two attached hydrogens (primary N) is 1. The molecule has 0 spiro atoms. The lowest BCUT2D eigenvalue weighted by molar-refractivity contribution is 0.598. The number of benzene rings is 2. The molecule has 3 rings (SSSR count). The molecule has 0 aliphatic carbocycles. The number of nitrogens with one attached hydrogen (secondary N) is 1. The van der Waals surface area contributed by atoms with Gasteiger partial charge in [-0.05, 0) is 53.6 Å². The third-order valence-electron chi connectivity index (χ3n) is 3.37. The number of primary sulfonamides is 1. The maximum absolute atomic E-state index is 13.0. The molecule has 0 amide bonds. The lowest BCUT2D eigenvalue weighted by Crippen LogP contribution is -2.11. The molecule has 2 aromatic carbocycles. The molecule has 4 nitrogen and oxygen atoms in total. The zero-order valence-electron chi connectivity index (χ0n) is 11.5. The second-order valence-corrected chi connectivity index (χ2v) is 6.40. The van der Waals surface area contributed by atoms with Crippen molar-refractivity contribution in [3.63, 3.8) is 0 Å². The molecule has 0 atom stereocenters. The average molecular weight is 316 g/mol. The summed E-state index contributed by atoms with van der Waals surface area (Å²) >= 11 is 0. The van der Waals surface area contributed by atoms with Crippen molar-refractivity contribution in [3.8, 4) is 22.4 Å². The van der Waals surface area contributed by atoms with Crippen LogP contribution in [0.15, 0.2) is 65.7 Å². The normalized spacial score (nSPS) is 11.5. The topological polar surface area (TPSA) is 76.0 Å². The highest BCUT2D eigenvalue weighted by Crippen LogP contribution is 2.31. The molecule has 0 bridgehead atoms. The Morgan fingerprint density at radius 3 is 2.05 bits per heavy atom. The van der Waals surface area contributed by atoms with Gasteiger partial charge in [0.05, 0.1) is 10.6 Å². The Bertz CT molecular complexity index is 898. The standard InChI is InChI=1S/C16H13FN2O2S/c17-13-5-1-12(2-6-13)16-15(9-10-19-16)11-3-7-14(8-4-11)22(18,20)21/h1-10,19H,(H2,18,20,21). The Labute approximate surface area is 127 Å². The lowest BCUT2D eigenvalue weighted by Gasteiger charge is -2.06. The number of rotatable bonds is 3. The van der Waals surface area contributed by atoms with Crippen molar-refractivity contribution in [3.05, 3.63) is 66.6 Å². The predicted octanol–water partition coefficient (Wildman–Crippen LogP) is 3.14. The van der Waals surface area contributed by atoms with Crippen LogP contribution in [-0.2, 0) is 10.0 Å². The minimum Gasteiger partial charge on any atom is -0.361 e. The molecule has 3 aromatic rings. The summed E-state index contributed by atoms with van der Waals surface area (Å²) in [4.78, 5) is 3.18. The van der Waals surface area contributed by atoms with Gasteiger partial charge in [-0.25, -0.2) is 17.9 Å². The van der Waals surface area contributed by atoms with Crippen molar-refractivity contribution in [2.45, 2.75) is 4.90 Å². The number of hydrogen-bond donors (Lipinski definition) is 2. The Morgan fingerprint density at radius 1 is 0.864 bits per heavy atom. The van der Waals surface area contributed by atoms with Crippen molar-refractivity contribution >= 4 is 10.0 Å². The van der Waals surface area contributed by atoms with Crippen LogP contribution in [0.3, 0.4) is 0 Å². The number of sulfonamides is 1. The quantitative estimate of drug-likeness (QED) is 0.779. The number of aromatic amines is 1. The Morgan fingerprint density at radius 2 is 1.45 bits per heavy atom. The summed E-state index contributed by atoms with van der Waals surface area (Å²) in [6.07, 6.45) is 1.78. The molecule has 0 saturated carbocycles. The third-order valence-corrected chi connectivity index (χ3v) is 4.30. The van der Waals surface area contributed by atoms with E-state index in [1.54, 1.807) is 30.5 Å². The van der Waals surface area contributed by atoms with Crippen molar-refractivity contribution in [2.24, 2.45) is 5.14 Å². The number of aromatic nitrogens is 1. The molecule has 22 heavy (non-hydrogen) atoms. The van der Waals surface area contributed by atoms with Gasteiger partial charge in [0.15, 0.2) is 0 Å². The lowest BCUT2D eigenvalue weighted by atomic mass is 10.0. The van der Waals surface area contributed by atoms with E-state index in [1.165, 1.54) is 24.3 Å². The molecule has 0 radical (unpaired) electrons. The van der Waals surface area contributed by atoms with Crippen LogP contribution in [0.5, 0.6) is 0 Å². The van der Waals surface area contributed by atoms with Crippen molar-refractivity contribution in [1.29, 1.82) is 0 Å². The first-order valence-electron chi connectivity index (χ1n) is 6.52. The van der Waals surface area contributed by atoms with Crippen molar-refractivity contribution < 1.29 is 12.8 Å². The van der Waals surface area contributed by atoms with E-state index >= 15 is 0 Å². The Balaban J connectivity index is 2.03. The van der Waals surface area contributed by atoms with Crippen LogP contribution >= 0.6 is 0 Å². The van der Waals surface area contributed by atoms with Crippen LogP contribution in [0.2, 0.25) is 0 Å². The summed E-state index contributed by atoms with van der Waals surface area (Å²) in [5.74, 6) is -0.297. The maximum Gasteiger partial charge on any atom is 0.238 e. The van der Waals surface area contributed by atoms with Crippen molar-refractivity contribution in [2.75, 3.05) is 0 Å². The molecule has 0 unspecified atom stereocenters. The van der Waals surface area contributed by atoms with Gasteiger partial charge in [0.1, 0.15) is 5.82 Å². The summed E-state index contributed by atoms with van der Waals surface area (Å²) in [7, 11) is -3.70. The van der Waals surface area contributed by atoms with Gasteiger partial charge < -0.3 is 4.98 Å². The number of H-pyrrole nitrogens is 1. The van der Waals surface area contributed by atoms with Crippen LogP contribution in [0.4, 0.5) is 4.39 Å². The highest BCUT2D eigenvalue weighted by molar-refractivity contribution is 7.89. The van der Waals surface area contributed by atoms with Crippen LogP contribution < -0.4 is 5.14 Å². The first-order chi connectivity index (χ1) is 10.4. The van der Waals surface area contributed by atoms with E-state index in [9.17, 15) is 12.8 Å². The first-order valence-corrected chi connectivity index (χ1v) is 8.06. The minimum atomic E-state index is -3.70. The highest BCUT2D eigenvalue weighted by atomic mass is 32.2. The van der Waals surface area contributed by atoms with Gasteiger partial charge in [-0.3, -0.25) is 0 Å². The SMILES string of the molecule is NS(=O)(=O)c1ccc(-c2cc[nH]c2-c2ccc(F)cc2)cc1. The molecule has 1 aromatic heterocycles. The van der Waals surface area contributed by atoms with Gasteiger partial charge in [0.25, 0.3) is 0 Å². The summed E-state index contributed by atoms with van der Waals surface area (Å²) in [5, 5.41) is 5.09. The fraction of sp³-hybridized carbons (Fsp3) is 0. The van der Waals surface area contributed by atoms with Crippen LogP contribution in [0.25, 0.3) is 22.4 Å². The molecule has 1 heterocycles. The summed E-state index contributed by atoms with van der Waals surface area (Å²) < 4.78 is 35.6. The van der Waals surface area contributed by atoms with E-state index in [-0.39, 0.29) is 10.7 Å². The maximum atomic E-state index is 13.0. The predicted molar refractivity (Wildman–Crippen MR) is 83.0 cm³/mol. The van der Waals surface area contributed by atoms with E-state index in [0.29, 0.717) is 0 Å². The van der Waals surface area contributed by atoms with Gasteiger partial charge in [-0.2, -0.15) is 0 Å².